The standard InChI is InChI=1S/C16H12F3N3O3S/c1-8-3-2-4-12(21-8)15-14(13(7-17)25-22-15)9-5-10(18)16(11(19)6-9)26(20,23)24/h2-6H,7H2,1H3,(H2,20,23,24). The van der Waals surface area contributed by atoms with Crippen molar-refractivity contribution in [1.82, 2.24) is 10.1 Å². The third-order valence-corrected chi connectivity index (χ3v) is 4.55. The van der Waals surface area contributed by atoms with Crippen LogP contribution < -0.4 is 5.14 Å². The molecule has 0 spiro atoms. The van der Waals surface area contributed by atoms with Crippen LogP contribution in [0, 0.1) is 18.6 Å². The maximum Gasteiger partial charge on any atom is 0.243 e. The second-order valence-corrected chi connectivity index (χ2v) is 6.94. The SMILES string of the molecule is Cc1cccc(-c2noc(CF)c2-c2cc(F)c(S(N)(=O)=O)c(F)c2)n1. The molecular formula is C16H12F3N3O3S. The molecule has 10 heteroatoms. The zero-order valence-corrected chi connectivity index (χ0v) is 14.1. The van der Waals surface area contributed by atoms with Crippen molar-refractivity contribution >= 4 is 10.0 Å². The molecular weight excluding hydrogens is 371 g/mol. The molecule has 136 valence electrons. The van der Waals surface area contributed by atoms with Gasteiger partial charge in [0.1, 0.15) is 17.3 Å². The molecule has 2 heterocycles. The van der Waals surface area contributed by atoms with Crippen molar-refractivity contribution in [3.05, 3.63) is 53.4 Å². The Kier molecular flexibility index (Phi) is 4.55. The summed E-state index contributed by atoms with van der Waals surface area (Å²) in [5.74, 6) is -3.08. The number of aromatic nitrogens is 2. The zero-order chi connectivity index (χ0) is 19.1. The Morgan fingerprint density at radius 2 is 1.85 bits per heavy atom. The molecule has 3 aromatic rings. The van der Waals surface area contributed by atoms with Crippen LogP contribution in [0.4, 0.5) is 13.2 Å². The molecule has 0 saturated heterocycles. The van der Waals surface area contributed by atoms with Gasteiger partial charge >= 0.3 is 0 Å². The van der Waals surface area contributed by atoms with Crippen molar-refractivity contribution in [2.75, 3.05) is 0 Å². The summed E-state index contributed by atoms with van der Waals surface area (Å²) in [6.07, 6.45) is 0. The fourth-order valence-corrected chi connectivity index (χ4v) is 3.20. The Morgan fingerprint density at radius 3 is 2.38 bits per heavy atom. The Morgan fingerprint density at radius 1 is 1.19 bits per heavy atom. The Hall–Kier alpha value is -2.72. The monoisotopic (exact) mass is 383 g/mol. The first-order chi connectivity index (χ1) is 12.2. The molecule has 2 N–H and O–H groups in total. The summed E-state index contributed by atoms with van der Waals surface area (Å²) < 4.78 is 69.2. The number of nitrogens with zero attached hydrogens (tertiary/aromatic N) is 2. The second-order valence-electron chi connectivity index (χ2n) is 5.44. The van der Waals surface area contributed by atoms with Gasteiger partial charge in [-0.1, -0.05) is 11.2 Å². The van der Waals surface area contributed by atoms with E-state index in [0.29, 0.717) is 11.4 Å². The summed E-state index contributed by atoms with van der Waals surface area (Å²) in [5.41, 5.74) is 0.840. The zero-order valence-electron chi connectivity index (χ0n) is 13.3. The van der Waals surface area contributed by atoms with E-state index in [9.17, 15) is 21.6 Å². The average Bonchev–Trinajstić information content (AvgIpc) is 2.96. The van der Waals surface area contributed by atoms with Crippen LogP contribution >= 0.6 is 0 Å². The fraction of sp³-hybridized carbons (Fsp3) is 0.125. The molecule has 26 heavy (non-hydrogen) atoms. The van der Waals surface area contributed by atoms with E-state index in [1.165, 1.54) is 0 Å². The highest BCUT2D eigenvalue weighted by Crippen LogP contribution is 2.36. The molecule has 0 atom stereocenters. The molecule has 2 aromatic heterocycles. The van der Waals surface area contributed by atoms with Crippen LogP contribution in [0.15, 0.2) is 39.8 Å². The van der Waals surface area contributed by atoms with Crippen molar-refractivity contribution in [1.29, 1.82) is 0 Å². The van der Waals surface area contributed by atoms with Gasteiger partial charge in [0.15, 0.2) is 17.3 Å². The molecule has 0 fully saturated rings. The molecule has 6 nitrogen and oxygen atoms in total. The third-order valence-electron chi connectivity index (χ3n) is 3.59. The van der Waals surface area contributed by atoms with Gasteiger partial charge < -0.3 is 4.52 Å². The highest BCUT2D eigenvalue weighted by molar-refractivity contribution is 7.89. The number of hydrogen-bond donors (Lipinski definition) is 1. The first-order valence-electron chi connectivity index (χ1n) is 7.23. The number of hydrogen-bond acceptors (Lipinski definition) is 5. The maximum atomic E-state index is 14.2. The van der Waals surface area contributed by atoms with Crippen LogP contribution in [-0.2, 0) is 16.7 Å². The average molecular weight is 383 g/mol. The van der Waals surface area contributed by atoms with E-state index in [2.05, 4.69) is 10.1 Å². The van der Waals surface area contributed by atoms with E-state index in [0.717, 1.165) is 12.1 Å². The van der Waals surface area contributed by atoms with Crippen molar-refractivity contribution in [3.63, 3.8) is 0 Å². The lowest BCUT2D eigenvalue weighted by atomic mass is 10.0. The number of benzene rings is 1. The topological polar surface area (TPSA) is 99.1 Å². The Labute approximate surface area is 146 Å². The highest BCUT2D eigenvalue weighted by Gasteiger charge is 2.26. The van der Waals surface area contributed by atoms with Crippen LogP contribution in [0.5, 0.6) is 0 Å². The molecule has 0 unspecified atom stereocenters. The minimum Gasteiger partial charge on any atom is -0.357 e. The molecule has 0 bridgehead atoms. The van der Waals surface area contributed by atoms with Crippen LogP contribution in [0.3, 0.4) is 0 Å². The summed E-state index contributed by atoms with van der Waals surface area (Å²) in [4.78, 5) is 2.96. The predicted octanol–water partition coefficient (Wildman–Crippen LogP) is 3.11. The van der Waals surface area contributed by atoms with Gasteiger partial charge in [-0.25, -0.2) is 26.7 Å². The number of nitrogens with two attached hydrogens (primary N) is 1. The molecule has 0 radical (unpaired) electrons. The van der Waals surface area contributed by atoms with E-state index in [1.54, 1.807) is 25.1 Å². The lowest BCUT2D eigenvalue weighted by molar-refractivity contribution is 0.332. The molecule has 0 aliphatic rings. The molecule has 0 aliphatic carbocycles. The molecule has 0 saturated carbocycles. The van der Waals surface area contributed by atoms with Gasteiger partial charge in [0.25, 0.3) is 0 Å². The van der Waals surface area contributed by atoms with E-state index >= 15 is 0 Å². The van der Waals surface area contributed by atoms with Crippen LogP contribution in [0.25, 0.3) is 22.5 Å². The Balaban J connectivity index is 2.26. The normalized spacial score (nSPS) is 11.7. The van der Waals surface area contributed by atoms with Crippen molar-refractivity contribution in [3.8, 4) is 22.5 Å². The highest BCUT2D eigenvalue weighted by atomic mass is 32.2. The minimum atomic E-state index is -4.61. The largest absolute Gasteiger partial charge is 0.357 e. The summed E-state index contributed by atoms with van der Waals surface area (Å²) in [5, 5.41) is 8.55. The lowest BCUT2D eigenvalue weighted by Gasteiger charge is -2.08. The molecule has 3 rings (SSSR count). The van der Waals surface area contributed by atoms with Gasteiger partial charge in [0, 0.05) is 5.69 Å². The van der Waals surface area contributed by atoms with Crippen molar-refractivity contribution in [2.45, 2.75) is 18.5 Å². The Bertz CT molecular complexity index is 1070. The molecule has 0 aliphatic heterocycles. The van der Waals surface area contributed by atoms with E-state index in [4.69, 9.17) is 9.66 Å². The van der Waals surface area contributed by atoms with Gasteiger partial charge in [-0.15, -0.1) is 0 Å². The summed E-state index contributed by atoms with van der Waals surface area (Å²) in [6, 6.07) is 6.43. The van der Waals surface area contributed by atoms with Gasteiger partial charge in [0.2, 0.25) is 10.0 Å². The minimum absolute atomic E-state index is 0.0237. The lowest BCUT2D eigenvalue weighted by Crippen LogP contribution is -2.16. The quantitative estimate of drug-likeness (QED) is 0.746. The van der Waals surface area contributed by atoms with E-state index in [-0.39, 0.29) is 22.6 Å². The van der Waals surface area contributed by atoms with Gasteiger partial charge in [0.05, 0.1) is 11.3 Å². The first kappa shape index (κ1) is 18.1. The van der Waals surface area contributed by atoms with Crippen molar-refractivity contribution in [2.24, 2.45) is 5.14 Å². The number of aryl methyl sites for hydroxylation is 1. The van der Waals surface area contributed by atoms with E-state index in [1.807, 2.05) is 0 Å². The van der Waals surface area contributed by atoms with Gasteiger partial charge in [-0.3, -0.25) is 4.98 Å². The second kappa shape index (κ2) is 6.54. The fourth-order valence-electron chi connectivity index (χ4n) is 2.54. The molecule has 0 amide bonds. The summed E-state index contributed by atoms with van der Waals surface area (Å²) in [6.45, 7) is 0.633. The summed E-state index contributed by atoms with van der Waals surface area (Å²) >= 11 is 0. The molecule has 1 aromatic carbocycles. The maximum absolute atomic E-state index is 14.2. The van der Waals surface area contributed by atoms with Crippen LogP contribution in [0.2, 0.25) is 0 Å². The smallest absolute Gasteiger partial charge is 0.243 e. The number of halogens is 3. The number of rotatable bonds is 4. The van der Waals surface area contributed by atoms with Crippen molar-refractivity contribution < 1.29 is 26.1 Å². The number of sulfonamides is 1. The van der Waals surface area contributed by atoms with Gasteiger partial charge in [-0.2, -0.15) is 0 Å². The third kappa shape index (κ3) is 3.20. The number of primary sulfonamides is 1. The predicted molar refractivity (Wildman–Crippen MR) is 86.0 cm³/mol. The number of pyridine rings is 1. The number of alkyl halides is 1. The summed E-state index contributed by atoms with van der Waals surface area (Å²) in [7, 11) is -4.61. The van der Waals surface area contributed by atoms with Crippen LogP contribution in [0.1, 0.15) is 11.5 Å². The van der Waals surface area contributed by atoms with E-state index < -0.39 is 33.2 Å². The van der Waals surface area contributed by atoms with Gasteiger partial charge in [-0.05, 0) is 36.8 Å². The van der Waals surface area contributed by atoms with Crippen LogP contribution in [-0.4, -0.2) is 18.6 Å². The first-order valence-corrected chi connectivity index (χ1v) is 8.77.